The highest BCUT2D eigenvalue weighted by Gasteiger charge is 2.33. The van der Waals surface area contributed by atoms with Gasteiger partial charge in [-0.25, -0.2) is 5.01 Å². The zero-order chi connectivity index (χ0) is 17.4. The SMILES string of the molecule is COc1ccccc1C1CC(c2ccc3c(c2)OCO3)=NN1C(C)=O. The molecule has 0 N–H and O–H groups in total. The average Bonchev–Trinajstić information content (AvgIpc) is 3.27. The van der Waals surface area contributed by atoms with Crippen LogP contribution in [0.4, 0.5) is 0 Å². The van der Waals surface area contributed by atoms with E-state index in [1.54, 1.807) is 7.11 Å². The molecule has 0 spiro atoms. The van der Waals surface area contributed by atoms with Gasteiger partial charge in [0.2, 0.25) is 12.7 Å². The van der Waals surface area contributed by atoms with Crippen LogP contribution in [-0.2, 0) is 4.79 Å². The summed E-state index contributed by atoms with van der Waals surface area (Å²) < 4.78 is 16.3. The molecule has 2 aliphatic rings. The Balaban J connectivity index is 1.70. The number of methoxy groups -OCH3 is 1. The molecule has 0 bridgehead atoms. The minimum atomic E-state index is -0.186. The molecule has 2 aromatic carbocycles. The second-order valence-electron chi connectivity index (χ2n) is 5.94. The fourth-order valence-electron chi connectivity index (χ4n) is 3.24. The number of ether oxygens (including phenoxy) is 3. The van der Waals surface area contributed by atoms with Gasteiger partial charge >= 0.3 is 0 Å². The third-order valence-corrected chi connectivity index (χ3v) is 4.44. The number of amides is 1. The van der Waals surface area contributed by atoms with Gasteiger partial charge in [0.25, 0.3) is 0 Å². The third kappa shape index (κ3) is 2.69. The Kier molecular flexibility index (Phi) is 3.80. The van der Waals surface area contributed by atoms with Gasteiger partial charge in [0, 0.05) is 24.5 Å². The van der Waals surface area contributed by atoms with E-state index in [1.165, 1.54) is 11.9 Å². The molecule has 6 heteroatoms. The second-order valence-corrected chi connectivity index (χ2v) is 5.94. The Morgan fingerprint density at radius 1 is 1.20 bits per heavy atom. The number of para-hydroxylation sites is 1. The highest BCUT2D eigenvalue weighted by atomic mass is 16.7. The summed E-state index contributed by atoms with van der Waals surface area (Å²) in [5.41, 5.74) is 2.71. The smallest absolute Gasteiger partial charge is 0.240 e. The van der Waals surface area contributed by atoms with Gasteiger partial charge in [-0.05, 0) is 24.3 Å². The van der Waals surface area contributed by atoms with Gasteiger partial charge in [-0.1, -0.05) is 18.2 Å². The quantitative estimate of drug-likeness (QED) is 0.863. The van der Waals surface area contributed by atoms with Gasteiger partial charge in [0.15, 0.2) is 11.5 Å². The molecule has 1 amide bonds. The molecule has 0 aromatic heterocycles. The molecule has 1 atom stereocenters. The first kappa shape index (κ1) is 15.5. The van der Waals surface area contributed by atoms with Crippen molar-refractivity contribution in [3.05, 3.63) is 53.6 Å². The average molecular weight is 338 g/mol. The van der Waals surface area contributed by atoms with E-state index in [2.05, 4.69) is 5.10 Å². The Morgan fingerprint density at radius 2 is 2.00 bits per heavy atom. The van der Waals surface area contributed by atoms with Crippen LogP contribution >= 0.6 is 0 Å². The Labute approximate surface area is 145 Å². The van der Waals surface area contributed by atoms with E-state index in [-0.39, 0.29) is 18.7 Å². The lowest BCUT2D eigenvalue weighted by molar-refractivity contribution is -0.130. The van der Waals surface area contributed by atoms with E-state index < -0.39 is 0 Å². The standard InChI is InChI=1S/C19H18N2O4/c1-12(22)21-16(14-5-3-4-6-17(14)23-2)10-15(20-21)13-7-8-18-19(9-13)25-11-24-18/h3-9,16H,10-11H2,1-2H3. The van der Waals surface area contributed by atoms with Crippen LogP contribution in [0.1, 0.15) is 30.5 Å². The summed E-state index contributed by atoms with van der Waals surface area (Å²) in [6.45, 7) is 1.75. The molecule has 0 saturated carbocycles. The molecule has 128 valence electrons. The van der Waals surface area contributed by atoms with E-state index >= 15 is 0 Å². The van der Waals surface area contributed by atoms with Crippen LogP contribution in [0.25, 0.3) is 0 Å². The molecule has 0 radical (unpaired) electrons. The van der Waals surface area contributed by atoms with E-state index in [4.69, 9.17) is 14.2 Å². The molecule has 2 aliphatic heterocycles. The summed E-state index contributed by atoms with van der Waals surface area (Å²) in [5, 5.41) is 6.09. The normalized spacial score (nSPS) is 18.2. The van der Waals surface area contributed by atoms with Crippen LogP contribution < -0.4 is 14.2 Å². The predicted octanol–water partition coefficient (Wildman–Crippen LogP) is 3.12. The molecule has 0 fully saturated rings. The van der Waals surface area contributed by atoms with Gasteiger partial charge in [-0.15, -0.1) is 0 Å². The molecule has 6 nitrogen and oxygen atoms in total. The minimum Gasteiger partial charge on any atom is -0.496 e. The van der Waals surface area contributed by atoms with E-state index in [0.717, 1.165) is 28.3 Å². The van der Waals surface area contributed by atoms with Crippen LogP contribution in [0.15, 0.2) is 47.6 Å². The number of hydrogen-bond acceptors (Lipinski definition) is 5. The minimum absolute atomic E-state index is 0.105. The van der Waals surface area contributed by atoms with Crippen molar-refractivity contribution in [3.8, 4) is 17.2 Å². The van der Waals surface area contributed by atoms with Gasteiger partial charge in [0.1, 0.15) is 5.75 Å². The van der Waals surface area contributed by atoms with Crippen LogP contribution in [0.3, 0.4) is 0 Å². The number of benzene rings is 2. The Bertz CT molecular complexity index is 862. The molecule has 2 heterocycles. The summed E-state index contributed by atoms with van der Waals surface area (Å²) >= 11 is 0. The molecule has 4 rings (SSSR count). The van der Waals surface area contributed by atoms with Gasteiger partial charge in [-0.3, -0.25) is 4.79 Å². The number of hydrogen-bond donors (Lipinski definition) is 0. The zero-order valence-electron chi connectivity index (χ0n) is 14.1. The van der Waals surface area contributed by atoms with E-state index in [0.29, 0.717) is 12.2 Å². The number of carbonyl (C=O) groups excluding carboxylic acids is 1. The monoisotopic (exact) mass is 338 g/mol. The highest BCUT2D eigenvalue weighted by molar-refractivity contribution is 6.03. The fourth-order valence-corrected chi connectivity index (χ4v) is 3.24. The fraction of sp³-hybridized carbons (Fsp3) is 0.263. The van der Waals surface area contributed by atoms with Crippen LogP contribution in [-0.4, -0.2) is 30.5 Å². The second kappa shape index (κ2) is 6.12. The number of hydrazone groups is 1. The first-order valence-electron chi connectivity index (χ1n) is 8.07. The molecular weight excluding hydrogens is 320 g/mol. The van der Waals surface area contributed by atoms with E-state index in [9.17, 15) is 4.79 Å². The van der Waals surface area contributed by atoms with E-state index in [1.807, 2.05) is 42.5 Å². The first-order valence-corrected chi connectivity index (χ1v) is 8.07. The summed E-state index contributed by atoms with van der Waals surface area (Å²) in [4.78, 5) is 12.1. The van der Waals surface area contributed by atoms with Gasteiger partial charge in [0.05, 0.1) is 18.9 Å². The summed E-state index contributed by atoms with van der Waals surface area (Å²) in [6, 6.07) is 13.2. The number of nitrogens with zero attached hydrogens (tertiary/aromatic N) is 2. The third-order valence-electron chi connectivity index (χ3n) is 4.44. The molecule has 25 heavy (non-hydrogen) atoms. The number of rotatable bonds is 3. The predicted molar refractivity (Wildman–Crippen MR) is 92.0 cm³/mol. The van der Waals surface area contributed by atoms with Crippen LogP contribution in [0, 0.1) is 0 Å². The zero-order valence-corrected chi connectivity index (χ0v) is 14.1. The lowest BCUT2D eigenvalue weighted by atomic mass is 9.97. The molecular formula is C19H18N2O4. The van der Waals surface area contributed by atoms with Crippen molar-refractivity contribution in [2.24, 2.45) is 5.10 Å². The largest absolute Gasteiger partial charge is 0.496 e. The topological polar surface area (TPSA) is 60.4 Å². The Morgan fingerprint density at radius 3 is 2.80 bits per heavy atom. The first-order chi connectivity index (χ1) is 12.2. The van der Waals surface area contributed by atoms with Crippen LogP contribution in [0.5, 0.6) is 17.2 Å². The van der Waals surface area contributed by atoms with Crippen molar-refractivity contribution in [1.29, 1.82) is 0 Å². The lowest BCUT2D eigenvalue weighted by Crippen LogP contribution is -2.24. The maximum Gasteiger partial charge on any atom is 0.240 e. The highest BCUT2D eigenvalue weighted by Crippen LogP contribution is 2.39. The van der Waals surface area contributed by atoms with Crippen molar-refractivity contribution in [2.45, 2.75) is 19.4 Å². The van der Waals surface area contributed by atoms with Crippen molar-refractivity contribution in [3.63, 3.8) is 0 Å². The number of carbonyl (C=O) groups is 1. The molecule has 2 aromatic rings. The summed E-state index contributed by atoms with van der Waals surface area (Å²) in [5.74, 6) is 2.08. The molecule has 0 saturated heterocycles. The maximum atomic E-state index is 12.1. The summed E-state index contributed by atoms with van der Waals surface area (Å²) in [7, 11) is 1.63. The van der Waals surface area contributed by atoms with Gasteiger partial charge < -0.3 is 14.2 Å². The van der Waals surface area contributed by atoms with Crippen molar-refractivity contribution in [1.82, 2.24) is 5.01 Å². The number of fused-ring (bicyclic) bond motifs is 1. The Hall–Kier alpha value is -3.02. The lowest BCUT2D eigenvalue weighted by Gasteiger charge is -2.22. The van der Waals surface area contributed by atoms with Crippen LogP contribution in [0.2, 0.25) is 0 Å². The van der Waals surface area contributed by atoms with Crippen molar-refractivity contribution in [2.75, 3.05) is 13.9 Å². The van der Waals surface area contributed by atoms with Crippen molar-refractivity contribution < 1.29 is 19.0 Å². The van der Waals surface area contributed by atoms with Crippen molar-refractivity contribution >= 4 is 11.6 Å². The summed E-state index contributed by atoms with van der Waals surface area (Å²) in [6.07, 6.45) is 0.611. The molecule has 1 unspecified atom stereocenters. The molecule has 0 aliphatic carbocycles. The maximum absolute atomic E-state index is 12.1. The van der Waals surface area contributed by atoms with Gasteiger partial charge in [-0.2, -0.15) is 5.10 Å².